The average Bonchev–Trinajstić information content (AvgIpc) is 2.16. The van der Waals surface area contributed by atoms with Gasteiger partial charge in [0.1, 0.15) is 5.82 Å². The number of likely N-dealkylation sites (tertiary alicyclic amines) is 1. The van der Waals surface area contributed by atoms with E-state index in [1.165, 1.54) is 12.8 Å². The van der Waals surface area contributed by atoms with Crippen LogP contribution < -0.4 is 0 Å². The fourth-order valence-electron chi connectivity index (χ4n) is 2.27. The van der Waals surface area contributed by atoms with Crippen molar-refractivity contribution >= 4 is 6.21 Å². The Bertz CT molecular complexity index is 270. The Morgan fingerprint density at radius 1 is 1.53 bits per heavy atom. The zero-order valence-electron chi connectivity index (χ0n) is 10.2. The molecule has 0 aromatic heterocycles. The highest BCUT2D eigenvalue weighted by molar-refractivity contribution is 5.71. The second-order valence-electron chi connectivity index (χ2n) is 4.58. The van der Waals surface area contributed by atoms with Crippen molar-refractivity contribution in [3.8, 4) is 0 Å². The zero-order chi connectivity index (χ0) is 11.3. The van der Waals surface area contributed by atoms with Crippen molar-refractivity contribution in [1.82, 2.24) is 4.90 Å². The molecule has 0 saturated carbocycles. The maximum atomic E-state index is 4.35. The SMILES string of the molecule is C=C/C=N\C(=C/C)N1CC(C)(CCC)C1. The number of hydrogen-bond acceptors (Lipinski definition) is 2. The highest BCUT2D eigenvalue weighted by Crippen LogP contribution is 2.36. The van der Waals surface area contributed by atoms with Gasteiger partial charge in [0.25, 0.3) is 0 Å². The van der Waals surface area contributed by atoms with E-state index in [1.807, 2.05) is 6.92 Å². The van der Waals surface area contributed by atoms with Gasteiger partial charge in [-0.15, -0.1) is 0 Å². The summed E-state index contributed by atoms with van der Waals surface area (Å²) in [5, 5.41) is 0. The summed E-state index contributed by atoms with van der Waals surface area (Å²) in [4.78, 5) is 6.68. The van der Waals surface area contributed by atoms with Gasteiger partial charge in [-0.25, -0.2) is 4.99 Å². The van der Waals surface area contributed by atoms with Crippen molar-refractivity contribution in [1.29, 1.82) is 0 Å². The van der Waals surface area contributed by atoms with Crippen LogP contribution >= 0.6 is 0 Å². The van der Waals surface area contributed by atoms with Gasteiger partial charge in [0.2, 0.25) is 0 Å². The van der Waals surface area contributed by atoms with Crippen molar-refractivity contribution < 1.29 is 0 Å². The number of aliphatic imine (C=N–C) groups is 1. The van der Waals surface area contributed by atoms with E-state index in [0.29, 0.717) is 5.41 Å². The van der Waals surface area contributed by atoms with Crippen LogP contribution in [0.5, 0.6) is 0 Å². The molecule has 1 heterocycles. The van der Waals surface area contributed by atoms with Crippen molar-refractivity contribution in [3.63, 3.8) is 0 Å². The summed E-state index contributed by atoms with van der Waals surface area (Å²) in [6, 6.07) is 0. The van der Waals surface area contributed by atoms with Gasteiger partial charge in [0, 0.05) is 24.7 Å². The first-order valence-electron chi connectivity index (χ1n) is 5.71. The molecule has 0 bridgehead atoms. The summed E-state index contributed by atoms with van der Waals surface area (Å²) >= 11 is 0. The fourth-order valence-corrected chi connectivity index (χ4v) is 2.27. The summed E-state index contributed by atoms with van der Waals surface area (Å²) < 4.78 is 0. The Hall–Kier alpha value is -1.05. The minimum absolute atomic E-state index is 0.507. The smallest absolute Gasteiger partial charge is 0.124 e. The van der Waals surface area contributed by atoms with Gasteiger partial charge in [-0.3, -0.25) is 0 Å². The number of rotatable bonds is 5. The van der Waals surface area contributed by atoms with Crippen LogP contribution in [0, 0.1) is 5.41 Å². The van der Waals surface area contributed by atoms with Gasteiger partial charge in [0.15, 0.2) is 0 Å². The number of hydrogen-bond donors (Lipinski definition) is 0. The molecule has 0 N–H and O–H groups in total. The second-order valence-corrected chi connectivity index (χ2v) is 4.58. The molecule has 0 aromatic rings. The molecule has 1 fully saturated rings. The molecular weight excluding hydrogens is 184 g/mol. The highest BCUT2D eigenvalue weighted by Gasteiger charge is 2.38. The van der Waals surface area contributed by atoms with Crippen molar-refractivity contribution in [2.75, 3.05) is 13.1 Å². The first kappa shape index (κ1) is 12.0. The van der Waals surface area contributed by atoms with Crippen LogP contribution in [0.4, 0.5) is 0 Å². The minimum atomic E-state index is 0.507. The molecule has 0 spiro atoms. The molecule has 0 amide bonds. The number of nitrogens with zero attached hydrogens (tertiary/aromatic N) is 2. The van der Waals surface area contributed by atoms with Crippen LogP contribution in [0.15, 0.2) is 29.5 Å². The van der Waals surface area contributed by atoms with E-state index in [4.69, 9.17) is 0 Å². The fraction of sp³-hybridized carbons (Fsp3) is 0.615. The topological polar surface area (TPSA) is 15.6 Å². The largest absolute Gasteiger partial charge is 0.356 e. The standard InChI is InChI=1S/C13H22N2/c1-5-8-13(4)10-15(11-13)12(7-3)14-9-6-2/h6-7,9H,2,5,8,10-11H2,1,3-4H3/b12-7+,14-9-. The van der Waals surface area contributed by atoms with Crippen molar-refractivity contribution in [2.45, 2.75) is 33.6 Å². The molecule has 1 aliphatic rings. The summed E-state index contributed by atoms with van der Waals surface area (Å²) in [6.45, 7) is 12.5. The van der Waals surface area contributed by atoms with Crippen molar-refractivity contribution in [2.24, 2.45) is 10.4 Å². The van der Waals surface area contributed by atoms with Crippen LogP contribution in [0.25, 0.3) is 0 Å². The maximum Gasteiger partial charge on any atom is 0.124 e. The van der Waals surface area contributed by atoms with E-state index in [1.54, 1.807) is 12.3 Å². The molecule has 2 heteroatoms. The minimum Gasteiger partial charge on any atom is -0.356 e. The molecule has 0 unspecified atom stereocenters. The Kier molecular flexibility index (Phi) is 4.13. The highest BCUT2D eigenvalue weighted by atomic mass is 15.3. The lowest BCUT2D eigenvalue weighted by molar-refractivity contribution is 0.0368. The normalized spacial score (nSPS) is 20.5. The van der Waals surface area contributed by atoms with Gasteiger partial charge < -0.3 is 4.90 Å². The first-order valence-corrected chi connectivity index (χ1v) is 5.71. The van der Waals surface area contributed by atoms with E-state index in [9.17, 15) is 0 Å². The van der Waals surface area contributed by atoms with Gasteiger partial charge in [-0.05, 0) is 19.4 Å². The predicted molar refractivity (Wildman–Crippen MR) is 67.0 cm³/mol. The summed E-state index contributed by atoms with van der Waals surface area (Å²) in [5.74, 6) is 1.07. The molecule has 1 saturated heterocycles. The molecule has 1 rings (SSSR count). The summed E-state index contributed by atoms with van der Waals surface area (Å²) in [7, 11) is 0. The van der Waals surface area contributed by atoms with Crippen LogP contribution in [0.1, 0.15) is 33.6 Å². The van der Waals surface area contributed by atoms with Gasteiger partial charge in [-0.1, -0.05) is 32.9 Å². The van der Waals surface area contributed by atoms with E-state index in [2.05, 4.69) is 36.4 Å². The monoisotopic (exact) mass is 206 g/mol. The molecular formula is C13H22N2. The lowest BCUT2D eigenvalue weighted by Crippen LogP contribution is -2.53. The Labute approximate surface area is 93.4 Å². The predicted octanol–water partition coefficient (Wildman–Crippen LogP) is 3.23. The quantitative estimate of drug-likeness (QED) is 0.631. The van der Waals surface area contributed by atoms with Crippen LogP contribution in [0.3, 0.4) is 0 Å². The molecule has 1 aliphatic heterocycles. The molecule has 0 radical (unpaired) electrons. The third kappa shape index (κ3) is 2.95. The lowest BCUT2D eigenvalue weighted by Gasteiger charge is -2.49. The lowest BCUT2D eigenvalue weighted by atomic mass is 9.78. The molecule has 0 aromatic carbocycles. The van der Waals surface area contributed by atoms with Crippen molar-refractivity contribution in [3.05, 3.63) is 24.6 Å². The van der Waals surface area contributed by atoms with Gasteiger partial charge in [0.05, 0.1) is 0 Å². The first-order chi connectivity index (χ1) is 7.15. The molecule has 84 valence electrons. The third-order valence-corrected chi connectivity index (χ3v) is 2.89. The molecule has 15 heavy (non-hydrogen) atoms. The summed E-state index contributed by atoms with van der Waals surface area (Å²) in [6.07, 6.45) is 8.11. The molecule has 0 atom stereocenters. The van der Waals surface area contributed by atoms with Crippen LogP contribution in [-0.4, -0.2) is 24.2 Å². The maximum absolute atomic E-state index is 4.35. The van der Waals surface area contributed by atoms with Crippen LogP contribution in [0.2, 0.25) is 0 Å². The van der Waals surface area contributed by atoms with E-state index < -0.39 is 0 Å². The molecule has 2 nitrogen and oxygen atoms in total. The van der Waals surface area contributed by atoms with Crippen LogP contribution in [-0.2, 0) is 0 Å². The van der Waals surface area contributed by atoms with E-state index in [0.717, 1.165) is 18.9 Å². The Morgan fingerprint density at radius 2 is 2.20 bits per heavy atom. The average molecular weight is 206 g/mol. The van der Waals surface area contributed by atoms with Gasteiger partial charge in [-0.2, -0.15) is 0 Å². The Morgan fingerprint density at radius 3 is 2.67 bits per heavy atom. The summed E-state index contributed by atoms with van der Waals surface area (Å²) in [5.41, 5.74) is 0.507. The zero-order valence-corrected chi connectivity index (χ0v) is 10.2. The van der Waals surface area contributed by atoms with E-state index in [-0.39, 0.29) is 0 Å². The van der Waals surface area contributed by atoms with Gasteiger partial charge >= 0.3 is 0 Å². The second kappa shape index (κ2) is 5.15. The third-order valence-electron chi connectivity index (χ3n) is 2.89. The number of allylic oxidation sites excluding steroid dienone is 2. The Balaban J connectivity index is 2.49. The van der Waals surface area contributed by atoms with E-state index >= 15 is 0 Å². The molecule has 0 aliphatic carbocycles.